The van der Waals surface area contributed by atoms with Crippen LogP contribution >= 0.6 is 23.7 Å². The number of nitrogens with zero attached hydrogens (tertiary/aromatic N) is 5. The van der Waals surface area contributed by atoms with Crippen LogP contribution in [0.15, 0.2) is 66.7 Å². The summed E-state index contributed by atoms with van der Waals surface area (Å²) < 4.78 is 0. The van der Waals surface area contributed by atoms with Gasteiger partial charge in [0.05, 0.1) is 12.8 Å². The Bertz CT molecular complexity index is 1390. The van der Waals surface area contributed by atoms with Gasteiger partial charge in [0.15, 0.2) is 11.6 Å². The number of aromatic nitrogens is 4. The third-order valence-electron chi connectivity index (χ3n) is 6.61. The number of hydrogen-bond acceptors (Lipinski definition) is 8. The predicted octanol–water partition coefficient (Wildman–Crippen LogP) is 4.98. The van der Waals surface area contributed by atoms with Crippen molar-refractivity contribution in [3.63, 3.8) is 0 Å². The van der Waals surface area contributed by atoms with Crippen LogP contribution in [-0.4, -0.2) is 45.2 Å². The number of aryl methyl sites for hydroxylation is 1. The van der Waals surface area contributed by atoms with E-state index < -0.39 is 0 Å². The van der Waals surface area contributed by atoms with E-state index in [4.69, 9.17) is 0 Å². The fourth-order valence-electron chi connectivity index (χ4n) is 4.67. The van der Waals surface area contributed by atoms with Gasteiger partial charge in [-0.2, -0.15) is 0 Å². The van der Waals surface area contributed by atoms with Crippen LogP contribution in [0.2, 0.25) is 0 Å². The van der Waals surface area contributed by atoms with Crippen molar-refractivity contribution in [3.8, 4) is 0 Å². The summed E-state index contributed by atoms with van der Waals surface area (Å²) in [4.78, 5) is 27.0. The molecule has 39 heavy (non-hydrogen) atoms. The zero-order valence-corrected chi connectivity index (χ0v) is 23.4. The smallest absolute Gasteiger partial charge is 0.229 e. The first-order valence-electron chi connectivity index (χ1n) is 12.8. The van der Waals surface area contributed by atoms with Gasteiger partial charge in [0.25, 0.3) is 0 Å². The molecule has 1 aliphatic heterocycles. The predicted molar refractivity (Wildman–Crippen MR) is 156 cm³/mol. The Labute approximate surface area is 238 Å². The molecule has 8 nitrogen and oxygen atoms in total. The lowest BCUT2D eigenvalue weighted by atomic mass is 9.98. The summed E-state index contributed by atoms with van der Waals surface area (Å²) in [5.41, 5.74) is 3.12. The highest BCUT2D eigenvalue weighted by Gasteiger charge is 2.25. The van der Waals surface area contributed by atoms with Gasteiger partial charge < -0.3 is 10.2 Å². The minimum absolute atomic E-state index is 0. The Kier molecular flexibility index (Phi) is 9.73. The first-order chi connectivity index (χ1) is 18.5. The number of carbonyl (C=O) groups is 2. The Morgan fingerprint density at radius 2 is 1.64 bits per heavy atom. The summed E-state index contributed by atoms with van der Waals surface area (Å²) in [6.45, 7) is 3.68. The molecule has 0 aliphatic carbocycles. The Hall–Kier alpha value is -3.69. The average molecular weight is 563 g/mol. The van der Waals surface area contributed by atoms with E-state index in [1.807, 2.05) is 67.6 Å². The molecule has 1 fully saturated rings. The van der Waals surface area contributed by atoms with Gasteiger partial charge in [0.1, 0.15) is 15.8 Å². The Balaban J connectivity index is 0.00000353. The van der Waals surface area contributed by atoms with Crippen molar-refractivity contribution in [1.82, 2.24) is 20.4 Å². The second-order valence-corrected chi connectivity index (χ2v) is 10.8. The summed E-state index contributed by atoms with van der Waals surface area (Å²) >= 11 is 1.55. The molecule has 0 saturated carbocycles. The lowest BCUT2D eigenvalue weighted by molar-refractivity contribution is -0.118. The van der Waals surface area contributed by atoms with Gasteiger partial charge in [-0.1, -0.05) is 60.2 Å². The first-order valence-corrected chi connectivity index (χ1v) is 13.7. The number of nitrogens with one attached hydrogen (secondary N) is 1. The number of anilines is 2. The minimum atomic E-state index is -0.114. The number of benzene rings is 2. The zero-order valence-electron chi connectivity index (χ0n) is 21.7. The topological polar surface area (TPSA) is 101 Å². The molecule has 0 radical (unpaired) electrons. The second-order valence-electron chi connectivity index (χ2n) is 9.66. The molecule has 0 spiro atoms. The van der Waals surface area contributed by atoms with E-state index in [-0.39, 0.29) is 24.1 Å². The number of piperidine rings is 1. The van der Waals surface area contributed by atoms with Crippen LogP contribution < -0.4 is 10.2 Å². The highest BCUT2D eigenvalue weighted by Crippen LogP contribution is 2.31. The number of carbonyl (C=O) groups excluding carboxylic acids is 2. The highest BCUT2D eigenvalue weighted by molar-refractivity contribution is 7.11. The first kappa shape index (κ1) is 28.3. The van der Waals surface area contributed by atoms with Gasteiger partial charge in [-0.05, 0) is 43.0 Å². The van der Waals surface area contributed by atoms with Gasteiger partial charge in [0.2, 0.25) is 5.91 Å². The number of rotatable bonds is 9. The summed E-state index contributed by atoms with van der Waals surface area (Å²) in [6, 6.07) is 21.4. The van der Waals surface area contributed by atoms with Crippen LogP contribution in [0.3, 0.4) is 0 Å². The Morgan fingerprint density at radius 3 is 2.36 bits per heavy atom. The minimum Gasteiger partial charge on any atom is -0.355 e. The third kappa shape index (κ3) is 7.91. The maximum Gasteiger partial charge on any atom is 0.229 e. The van der Waals surface area contributed by atoms with E-state index in [1.165, 1.54) is 0 Å². The molecule has 1 saturated heterocycles. The van der Waals surface area contributed by atoms with Gasteiger partial charge in [-0.15, -0.1) is 44.1 Å². The molecule has 10 heteroatoms. The van der Waals surface area contributed by atoms with Gasteiger partial charge in [-0.3, -0.25) is 9.59 Å². The monoisotopic (exact) mass is 562 g/mol. The van der Waals surface area contributed by atoms with Gasteiger partial charge >= 0.3 is 0 Å². The lowest BCUT2D eigenvalue weighted by Crippen LogP contribution is -2.33. The molecule has 1 aliphatic rings. The molecule has 2 aromatic heterocycles. The number of ketones is 1. The van der Waals surface area contributed by atoms with Crippen molar-refractivity contribution in [2.75, 3.05) is 23.3 Å². The summed E-state index contributed by atoms with van der Waals surface area (Å²) in [5.74, 6) is 1.61. The molecule has 202 valence electrons. The third-order valence-corrected chi connectivity index (χ3v) is 7.69. The van der Waals surface area contributed by atoms with Gasteiger partial charge in [-0.25, -0.2) is 0 Å². The standard InChI is InChI=1S/C29H30N6O2S.ClH/c1-20-6-5-9-22(16-20)18-27(37)30-25-10-11-26(32-31-25)35-14-12-23(13-15-35)29-34-33-28(38-29)19-24(36)17-21-7-3-2-4-8-21;/h2-11,16,23H,12-15,17-19H2,1H3,(H,30,31,37);1H. The average Bonchev–Trinajstić information content (AvgIpc) is 3.38. The van der Waals surface area contributed by atoms with Crippen molar-refractivity contribution < 1.29 is 9.59 Å². The van der Waals surface area contributed by atoms with Gasteiger partial charge in [0, 0.05) is 25.4 Å². The van der Waals surface area contributed by atoms with Crippen LogP contribution in [0.4, 0.5) is 11.6 Å². The maximum absolute atomic E-state index is 12.4. The molecule has 0 atom stereocenters. The molecule has 2 aromatic carbocycles. The lowest BCUT2D eigenvalue weighted by Gasteiger charge is -2.31. The molecule has 0 bridgehead atoms. The SMILES string of the molecule is Cc1cccc(CC(=O)Nc2ccc(N3CCC(c4nnc(CC(=O)Cc5ccccc5)s4)CC3)nn2)c1.Cl. The zero-order chi connectivity index (χ0) is 26.3. The number of halogens is 1. The summed E-state index contributed by atoms with van der Waals surface area (Å²) in [6.07, 6.45) is 2.92. The van der Waals surface area contributed by atoms with Crippen molar-refractivity contribution in [3.05, 3.63) is 93.4 Å². The molecule has 3 heterocycles. The van der Waals surface area contributed by atoms with Crippen molar-refractivity contribution in [2.24, 2.45) is 0 Å². The van der Waals surface area contributed by atoms with E-state index in [0.29, 0.717) is 31.0 Å². The van der Waals surface area contributed by atoms with E-state index in [0.717, 1.165) is 58.5 Å². The summed E-state index contributed by atoms with van der Waals surface area (Å²) in [5, 5.41) is 21.9. The van der Waals surface area contributed by atoms with E-state index in [1.54, 1.807) is 17.4 Å². The second kappa shape index (κ2) is 13.4. The van der Waals surface area contributed by atoms with E-state index in [9.17, 15) is 9.59 Å². The fourth-order valence-corrected chi connectivity index (χ4v) is 5.71. The highest BCUT2D eigenvalue weighted by atomic mass is 35.5. The van der Waals surface area contributed by atoms with Crippen LogP contribution in [-0.2, 0) is 28.9 Å². The largest absolute Gasteiger partial charge is 0.355 e. The van der Waals surface area contributed by atoms with Crippen molar-refractivity contribution >= 4 is 47.1 Å². The molecule has 0 unspecified atom stereocenters. The maximum atomic E-state index is 12.4. The van der Waals surface area contributed by atoms with Crippen LogP contribution in [0, 0.1) is 6.92 Å². The molecule has 4 aromatic rings. The summed E-state index contributed by atoms with van der Waals surface area (Å²) in [7, 11) is 0. The van der Waals surface area contributed by atoms with Crippen LogP contribution in [0.25, 0.3) is 0 Å². The van der Waals surface area contributed by atoms with Crippen molar-refractivity contribution in [2.45, 2.75) is 44.9 Å². The van der Waals surface area contributed by atoms with Crippen LogP contribution in [0.5, 0.6) is 0 Å². The Morgan fingerprint density at radius 1 is 0.872 bits per heavy atom. The molecule has 5 rings (SSSR count). The normalized spacial score (nSPS) is 13.5. The van der Waals surface area contributed by atoms with E-state index >= 15 is 0 Å². The fraction of sp³-hybridized carbons (Fsp3) is 0.310. The van der Waals surface area contributed by atoms with Crippen molar-refractivity contribution in [1.29, 1.82) is 0 Å². The molecular formula is C29H31ClN6O2S. The number of Topliss-reactive ketones (excluding diaryl/α,β-unsaturated/α-hetero) is 1. The van der Waals surface area contributed by atoms with Crippen LogP contribution in [0.1, 0.15) is 45.5 Å². The molecule has 1 amide bonds. The number of amides is 1. The van der Waals surface area contributed by atoms with E-state index in [2.05, 4.69) is 30.6 Å². The molecular weight excluding hydrogens is 532 g/mol. The quantitative estimate of drug-likeness (QED) is 0.307. The number of hydrogen-bond donors (Lipinski definition) is 1. The molecule has 1 N–H and O–H groups in total.